The highest BCUT2D eigenvalue weighted by Crippen LogP contribution is 2.20. The van der Waals surface area contributed by atoms with Crippen LogP contribution in [0.1, 0.15) is 11.1 Å². The molecule has 0 bridgehead atoms. The molecule has 1 aromatic heterocycles. The molecule has 144 valence electrons. The van der Waals surface area contributed by atoms with Crippen LogP contribution in [0.25, 0.3) is 11.4 Å². The first-order valence-corrected chi connectivity index (χ1v) is 9.35. The Morgan fingerprint density at radius 3 is 2.52 bits per heavy atom. The highest BCUT2D eigenvalue weighted by molar-refractivity contribution is 7.71. The number of aromatic amines is 1. The van der Waals surface area contributed by atoms with Crippen LogP contribution in [0.4, 0.5) is 4.39 Å². The molecule has 0 aliphatic carbocycles. The Balaban J connectivity index is 1.58. The maximum Gasteiger partial charge on any atom is 0.216 e. The first-order valence-electron chi connectivity index (χ1n) is 8.94. The second kappa shape index (κ2) is 8.62. The summed E-state index contributed by atoms with van der Waals surface area (Å²) in [4.78, 5) is 0. The van der Waals surface area contributed by atoms with Crippen LogP contribution in [0.3, 0.4) is 0 Å². The van der Waals surface area contributed by atoms with Crippen molar-refractivity contribution >= 4 is 18.4 Å². The van der Waals surface area contributed by atoms with Crippen LogP contribution >= 0.6 is 12.2 Å². The zero-order valence-electron chi connectivity index (χ0n) is 15.3. The highest BCUT2D eigenvalue weighted by Gasteiger charge is 2.08. The van der Waals surface area contributed by atoms with Gasteiger partial charge in [0.25, 0.3) is 0 Å². The molecule has 0 spiro atoms. The third-order valence-electron chi connectivity index (χ3n) is 4.22. The van der Waals surface area contributed by atoms with E-state index in [9.17, 15) is 4.39 Å². The number of nitrogens with zero attached hydrogens (tertiary/aromatic N) is 3. The summed E-state index contributed by atoms with van der Waals surface area (Å²) < 4.78 is 20.9. The van der Waals surface area contributed by atoms with Gasteiger partial charge in [0.15, 0.2) is 5.82 Å². The monoisotopic (exact) mass is 404 g/mol. The van der Waals surface area contributed by atoms with Gasteiger partial charge >= 0.3 is 0 Å². The maximum atomic E-state index is 13.1. The molecule has 7 heteroatoms. The Morgan fingerprint density at radius 1 is 1.00 bits per heavy atom. The lowest BCUT2D eigenvalue weighted by molar-refractivity contribution is 0.305. The number of hydrogen-bond acceptors (Lipinski definition) is 4. The molecular weight excluding hydrogens is 387 g/mol. The van der Waals surface area contributed by atoms with Crippen molar-refractivity contribution in [3.05, 3.63) is 101 Å². The number of aromatic nitrogens is 3. The zero-order valence-corrected chi connectivity index (χ0v) is 16.1. The van der Waals surface area contributed by atoms with Gasteiger partial charge in [-0.3, -0.25) is 0 Å². The van der Waals surface area contributed by atoms with Crippen LogP contribution < -0.4 is 4.74 Å². The largest absolute Gasteiger partial charge is 0.488 e. The van der Waals surface area contributed by atoms with Crippen molar-refractivity contribution in [3.8, 4) is 17.1 Å². The Morgan fingerprint density at radius 2 is 1.72 bits per heavy atom. The van der Waals surface area contributed by atoms with Gasteiger partial charge in [-0.1, -0.05) is 54.6 Å². The van der Waals surface area contributed by atoms with Gasteiger partial charge in [-0.15, -0.1) is 0 Å². The van der Waals surface area contributed by atoms with E-state index in [1.165, 1.54) is 12.1 Å². The fourth-order valence-electron chi connectivity index (χ4n) is 2.75. The number of ether oxygens (including phenoxy) is 1. The Bertz CT molecular complexity index is 1180. The minimum atomic E-state index is -0.271. The molecule has 0 amide bonds. The SMILES string of the molecule is Fc1ccc(COc2ccccc2/C=N\n2c(-c3ccccc3)n[nH]c2=S)cc1. The van der Waals surface area contributed by atoms with Gasteiger partial charge < -0.3 is 4.74 Å². The van der Waals surface area contributed by atoms with Crippen LogP contribution in [0, 0.1) is 10.6 Å². The van der Waals surface area contributed by atoms with E-state index in [1.54, 1.807) is 23.0 Å². The topological polar surface area (TPSA) is 55.2 Å². The summed E-state index contributed by atoms with van der Waals surface area (Å²) in [6.45, 7) is 0.325. The minimum Gasteiger partial charge on any atom is -0.488 e. The molecule has 4 rings (SSSR count). The van der Waals surface area contributed by atoms with E-state index in [1.807, 2.05) is 54.6 Å². The number of para-hydroxylation sites is 1. The molecular formula is C22H17FN4OS. The molecule has 0 saturated carbocycles. The highest BCUT2D eigenvalue weighted by atomic mass is 32.1. The molecule has 3 aromatic carbocycles. The van der Waals surface area contributed by atoms with Crippen LogP contribution in [-0.2, 0) is 6.61 Å². The zero-order chi connectivity index (χ0) is 20.1. The molecule has 0 fully saturated rings. The third kappa shape index (κ3) is 4.47. The molecule has 1 heterocycles. The van der Waals surface area contributed by atoms with E-state index in [0.717, 1.165) is 16.7 Å². The van der Waals surface area contributed by atoms with E-state index >= 15 is 0 Å². The summed E-state index contributed by atoms with van der Waals surface area (Å²) in [5.74, 6) is 1.01. The van der Waals surface area contributed by atoms with Crippen molar-refractivity contribution in [2.45, 2.75) is 6.61 Å². The number of hydrogen-bond donors (Lipinski definition) is 1. The summed E-state index contributed by atoms with van der Waals surface area (Å²) in [7, 11) is 0. The summed E-state index contributed by atoms with van der Waals surface area (Å²) in [6, 6.07) is 23.4. The summed E-state index contributed by atoms with van der Waals surface area (Å²) in [6.07, 6.45) is 1.68. The predicted octanol–water partition coefficient (Wildman–Crippen LogP) is 5.21. The predicted molar refractivity (Wildman–Crippen MR) is 113 cm³/mol. The van der Waals surface area contributed by atoms with Gasteiger partial charge in [-0.25, -0.2) is 9.49 Å². The van der Waals surface area contributed by atoms with Crippen LogP contribution in [-0.4, -0.2) is 21.1 Å². The molecule has 29 heavy (non-hydrogen) atoms. The number of H-pyrrole nitrogens is 1. The molecule has 0 atom stereocenters. The number of halogens is 1. The summed E-state index contributed by atoms with van der Waals surface area (Å²) >= 11 is 5.32. The van der Waals surface area contributed by atoms with Crippen molar-refractivity contribution in [1.29, 1.82) is 0 Å². The maximum absolute atomic E-state index is 13.1. The van der Waals surface area contributed by atoms with Crippen molar-refractivity contribution in [2.24, 2.45) is 5.10 Å². The van der Waals surface area contributed by atoms with Crippen molar-refractivity contribution < 1.29 is 9.13 Å². The molecule has 1 N–H and O–H groups in total. The van der Waals surface area contributed by atoms with Gasteiger partial charge in [0.05, 0.1) is 6.21 Å². The summed E-state index contributed by atoms with van der Waals surface area (Å²) in [5.41, 5.74) is 2.57. The molecule has 0 saturated heterocycles. The first-order chi connectivity index (χ1) is 14.2. The van der Waals surface area contributed by atoms with Crippen molar-refractivity contribution in [1.82, 2.24) is 14.9 Å². The normalized spacial score (nSPS) is 11.1. The van der Waals surface area contributed by atoms with E-state index in [2.05, 4.69) is 15.3 Å². The van der Waals surface area contributed by atoms with Crippen molar-refractivity contribution in [3.63, 3.8) is 0 Å². The van der Waals surface area contributed by atoms with E-state index < -0.39 is 0 Å². The lowest BCUT2D eigenvalue weighted by Crippen LogP contribution is -2.00. The lowest BCUT2D eigenvalue weighted by atomic mass is 10.2. The smallest absolute Gasteiger partial charge is 0.216 e. The molecule has 0 aliphatic heterocycles. The second-order valence-corrected chi connectivity index (χ2v) is 6.61. The number of benzene rings is 3. The standard InChI is InChI=1S/C22H17FN4OS/c23-19-12-10-16(11-13-19)15-28-20-9-5-4-8-18(20)14-24-27-21(25-26-22(27)29)17-6-2-1-3-7-17/h1-14H,15H2,(H,26,29)/b24-14-. The fraction of sp³-hybridized carbons (Fsp3) is 0.0455. The van der Waals surface area contributed by atoms with Gasteiger partial charge in [-0.05, 0) is 42.0 Å². The third-order valence-corrected chi connectivity index (χ3v) is 4.49. The van der Waals surface area contributed by atoms with E-state index in [4.69, 9.17) is 17.0 Å². The molecule has 5 nitrogen and oxygen atoms in total. The average Bonchev–Trinajstić information content (AvgIpc) is 3.13. The number of rotatable bonds is 6. The quantitative estimate of drug-likeness (QED) is 0.355. The van der Waals surface area contributed by atoms with E-state index in [-0.39, 0.29) is 5.82 Å². The van der Waals surface area contributed by atoms with Gasteiger partial charge in [0.2, 0.25) is 4.77 Å². The lowest BCUT2D eigenvalue weighted by Gasteiger charge is -2.09. The molecule has 0 aliphatic rings. The van der Waals surface area contributed by atoms with Crippen LogP contribution in [0.15, 0.2) is 84.0 Å². The first kappa shape index (κ1) is 18.8. The van der Waals surface area contributed by atoms with E-state index in [0.29, 0.717) is 23.0 Å². The van der Waals surface area contributed by atoms with Gasteiger partial charge in [0.1, 0.15) is 18.2 Å². The Kier molecular flexibility index (Phi) is 5.58. The minimum absolute atomic E-state index is 0.271. The van der Waals surface area contributed by atoms with Gasteiger partial charge in [-0.2, -0.15) is 14.9 Å². The number of nitrogens with one attached hydrogen (secondary N) is 1. The Hall–Kier alpha value is -3.58. The van der Waals surface area contributed by atoms with Crippen molar-refractivity contribution in [2.75, 3.05) is 0 Å². The molecule has 4 aromatic rings. The van der Waals surface area contributed by atoms with Crippen LogP contribution in [0.2, 0.25) is 0 Å². The van der Waals surface area contributed by atoms with Gasteiger partial charge in [0, 0.05) is 11.1 Å². The Labute approximate surface area is 172 Å². The second-order valence-electron chi connectivity index (χ2n) is 6.23. The summed E-state index contributed by atoms with van der Waals surface area (Å²) in [5, 5.41) is 11.6. The average molecular weight is 404 g/mol. The van der Waals surface area contributed by atoms with Crippen LogP contribution in [0.5, 0.6) is 5.75 Å². The molecule has 0 radical (unpaired) electrons. The fourth-order valence-corrected chi connectivity index (χ4v) is 2.93. The molecule has 0 unspecified atom stereocenters.